The lowest BCUT2D eigenvalue weighted by molar-refractivity contribution is 0.409. The Morgan fingerprint density at radius 2 is 1.95 bits per heavy atom. The van der Waals surface area contributed by atoms with Crippen molar-refractivity contribution in [2.24, 2.45) is 0 Å². The summed E-state index contributed by atoms with van der Waals surface area (Å²) >= 11 is 0. The number of ether oxygens (including phenoxy) is 1. The number of anilines is 1. The van der Waals surface area contributed by atoms with Gasteiger partial charge in [0.25, 0.3) is 0 Å². The van der Waals surface area contributed by atoms with Crippen LogP contribution in [0.2, 0.25) is 0 Å². The zero-order chi connectivity index (χ0) is 15.5. The van der Waals surface area contributed by atoms with Crippen LogP contribution in [0.5, 0.6) is 5.75 Å². The first-order valence-corrected chi connectivity index (χ1v) is 7.59. The van der Waals surface area contributed by atoms with Crippen LogP contribution >= 0.6 is 0 Å². The van der Waals surface area contributed by atoms with Gasteiger partial charge in [-0.25, -0.2) is 17.5 Å². The fraction of sp³-hybridized carbons (Fsp3) is 0.143. The Morgan fingerprint density at radius 3 is 2.62 bits per heavy atom. The molecule has 0 spiro atoms. The Hall–Kier alpha value is -2.12. The smallest absolute Gasteiger partial charge is 0.243 e. The number of sulfonamides is 1. The minimum atomic E-state index is -3.95. The first-order chi connectivity index (χ1) is 9.94. The number of hydrogen-bond donors (Lipinski definition) is 2. The van der Waals surface area contributed by atoms with Gasteiger partial charge in [0.2, 0.25) is 10.0 Å². The van der Waals surface area contributed by atoms with Gasteiger partial charge < -0.3 is 10.5 Å². The summed E-state index contributed by atoms with van der Waals surface area (Å²) in [5.74, 6) is -0.301. The lowest BCUT2D eigenvalue weighted by atomic mass is 10.2. The number of rotatable bonds is 5. The van der Waals surface area contributed by atoms with E-state index in [1.807, 2.05) is 0 Å². The summed E-state index contributed by atoms with van der Waals surface area (Å²) in [5.41, 5.74) is 6.71. The van der Waals surface area contributed by atoms with Gasteiger partial charge in [-0.15, -0.1) is 0 Å². The van der Waals surface area contributed by atoms with E-state index >= 15 is 0 Å². The summed E-state index contributed by atoms with van der Waals surface area (Å²) < 4.78 is 45.2. The van der Waals surface area contributed by atoms with Crippen molar-refractivity contribution in [3.8, 4) is 5.75 Å². The van der Waals surface area contributed by atoms with Crippen LogP contribution in [-0.2, 0) is 16.6 Å². The van der Waals surface area contributed by atoms with Gasteiger partial charge in [0.05, 0.1) is 7.11 Å². The zero-order valence-electron chi connectivity index (χ0n) is 11.3. The maximum atomic E-state index is 13.6. The lowest BCUT2D eigenvalue weighted by Gasteiger charge is -2.11. The predicted octanol–water partition coefficient (Wildman–Crippen LogP) is 1.89. The average molecular weight is 310 g/mol. The van der Waals surface area contributed by atoms with Crippen LogP contribution in [0.25, 0.3) is 0 Å². The van der Waals surface area contributed by atoms with Crippen LogP contribution in [0.4, 0.5) is 10.1 Å². The van der Waals surface area contributed by atoms with Gasteiger partial charge >= 0.3 is 0 Å². The standard InChI is InChI=1S/C14H15FN2O3S/c1-20-13-7-6-11(16)8-10(13)9-17-21(18,19)14-5-3-2-4-12(14)15/h2-8,17H,9,16H2,1H3. The van der Waals surface area contributed by atoms with E-state index in [-0.39, 0.29) is 6.54 Å². The second-order valence-corrected chi connectivity index (χ2v) is 6.06. The van der Waals surface area contributed by atoms with E-state index in [2.05, 4.69) is 4.72 Å². The zero-order valence-corrected chi connectivity index (χ0v) is 12.2. The molecule has 0 amide bonds. The highest BCUT2D eigenvalue weighted by Crippen LogP contribution is 2.22. The summed E-state index contributed by atoms with van der Waals surface area (Å²) in [5, 5.41) is 0. The summed E-state index contributed by atoms with van der Waals surface area (Å²) in [4.78, 5) is -0.395. The average Bonchev–Trinajstić information content (AvgIpc) is 2.45. The van der Waals surface area contributed by atoms with Gasteiger partial charge in [-0.3, -0.25) is 0 Å². The Kier molecular flexibility index (Phi) is 4.44. The van der Waals surface area contributed by atoms with Crippen molar-refractivity contribution < 1.29 is 17.5 Å². The highest BCUT2D eigenvalue weighted by atomic mass is 32.2. The van der Waals surface area contributed by atoms with Crippen LogP contribution in [0.15, 0.2) is 47.4 Å². The van der Waals surface area contributed by atoms with Crippen LogP contribution in [0.3, 0.4) is 0 Å². The second kappa shape index (κ2) is 6.11. The summed E-state index contributed by atoms with van der Waals surface area (Å²) in [6.45, 7) is -0.0507. The summed E-state index contributed by atoms with van der Waals surface area (Å²) in [7, 11) is -2.48. The molecule has 0 bridgehead atoms. The third-order valence-corrected chi connectivity index (χ3v) is 4.32. The highest BCUT2D eigenvalue weighted by Gasteiger charge is 2.18. The molecule has 2 aromatic rings. The van der Waals surface area contributed by atoms with Gasteiger partial charge in [0.15, 0.2) is 0 Å². The molecule has 21 heavy (non-hydrogen) atoms. The van der Waals surface area contributed by atoms with Crippen molar-refractivity contribution in [1.82, 2.24) is 4.72 Å². The third-order valence-electron chi connectivity index (χ3n) is 2.88. The van der Waals surface area contributed by atoms with Gasteiger partial charge in [-0.2, -0.15) is 0 Å². The minimum Gasteiger partial charge on any atom is -0.496 e. The molecular formula is C14H15FN2O3S. The monoisotopic (exact) mass is 310 g/mol. The highest BCUT2D eigenvalue weighted by molar-refractivity contribution is 7.89. The van der Waals surface area contributed by atoms with E-state index in [4.69, 9.17) is 10.5 Å². The number of halogens is 1. The maximum Gasteiger partial charge on any atom is 0.243 e. The van der Waals surface area contributed by atoms with Crippen molar-refractivity contribution in [2.75, 3.05) is 12.8 Å². The number of benzene rings is 2. The minimum absolute atomic E-state index is 0.0507. The lowest BCUT2D eigenvalue weighted by Crippen LogP contribution is -2.24. The van der Waals surface area contributed by atoms with E-state index < -0.39 is 20.7 Å². The van der Waals surface area contributed by atoms with Gasteiger partial charge in [0.1, 0.15) is 16.5 Å². The van der Waals surface area contributed by atoms with Crippen LogP contribution in [-0.4, -0.2) is 15.5 Å². The van der Waals surface area contributed by atoms with Gasteiger partial charge in [0, 0.05) is 17.8 Å². The number of nitrogen functional groups attached to an aromatic ring is 1. The van der Waals surface area contributed by atoms with E-state index in [0.29, 0.717) is 17.0 Å². The molecule has 0 radical (unpaired) electrons. The van der Waals surface area contributed by atoms with Crippen molar-refractivity contribution >= 4 is 15.7 Å². The Balaban J connectivity index is 2.24. The van der Waals surface area contributed by atoms with Crippen molar-refractivity contribution in [3.05, 3.63) is 53.8 Å². The number of nitrogens with two attached hydrogens (primary N) is 1. The van der Waals surface area contributed by atoms with Gasteiger partial charge in [-0.05, 0) is 30.3 Å². The van der Waals surface area contributed by atoms with Crippen LogP contribution in [0.1, 0.15) is 5.56 Å². The quantitative estimate of drug-likeness (QED) is 0.826. The molecule has 5 nitrogen and oxygen atoms in total. The molecule has 0 fully saturated rings. The van der Waals surface area contributed by atoms with Crippen molar-refractivity contribution in [1.29, 1.82) is 0 Å². The van der Waals surface area contributed by atoms with E-state index in [9.17, 15) is 12.8 Å². The molecule has 0 heterocycles. The fourth-order valence-corrected chi connectivity index (χ4v) is 2.93. The van der Waals surface area contributed by atoms with Crippen LogP contribution in [0, 0.1) is 5.82 Å². The van der Waals surface area contributed by atoms with Crippen molar-refractivity contribution in [2.45, 2.75) is 11.4 Å². The topological polar surface area (TPSA) is 81.4 Å². The molecule has 0 saturated carbocycles. The normalized spacial score (nSPS) is 11.3. The molecule has 3 N–H and O–H groups in total. The molecule has 0 aliphatic rings. The molecule has 0 aliphatic carbocycles. The van der Waals surface area contributed by atoms with E-state index in [1.165, 1.54) is 25.3 Å². The predicted molar refractivity (Wildman–Crippen MR) is 77.8 cm³/mol. The molecule has 0 aromatic heterocycles. The molecule has 2 aromatic carbocycles. The molecule has 0 aliphatic heterocycles. The largest absolute Gasteiger partial charge is 0.496 e. The Bertz CT molecular complexity index is 748. The Labute approximate surface area is 122 Å². The van der Waals surface area contributed by atoms with Crippen LogP contribution < -0.4 is 15.2 Å². The first-order valence-electron chi connectivity index (χ1n) is 6.10. The number of hydrogen-bond acceptors (Lipinski definition) is 4. The molecule has 0 atom stereocenters. The molecular weight excluding hydrogens is 295 g/mol. The molecule has 112 valence electrons. The molecule has 7 heteroatoms. The number of methoxy groups -OCH3 is 1. The third kappa shape index (κ3) is 3.50. The molecule has 0 unspecified atom stereocenters. The maximum absolute atomic E-state index is 13.6. The summed E-state index contributed by atoms with van der Waals surface area (Å²) in [6, 6.07) is 10.1. The second-order valence-electron chi connectivity index (χ2n) is 4.33. The fourth-order valence-electron chi connectivity index (χ4n) is 1.85. The number of nitrogens with one attached hydrogen (secondary N) is 1. The van der Waals surface area contributed by atoms with E-state index in [1.54, 1.807) is 18.2 Å². The first kappa shape index (κ1) is 15.3. The SMILES string of the molecule is COc1ccc(N)cc1CNS(=O)(=O)c1ccccc1F. The Morgan fingerprint density at radius 1 is 1.24 bits per heavy atom. The van der Waals surface area contributed by atoms with E-state index in [0.717, 1.165) is 6.07 Å². The summed E-state index contributed by atoms with van der Waals surface area (Å²) in [6.07, 6.45) is 0. The van der Waals surface area contributed by atoms with Gasteiger partial charge in [-0.1, -0.05) is 12.1 Å². The van der Waals surface area contributed by atoms with Crippen molar-refractivity contribution in [3.63, 3.8) is 0 Å². The molecule has 2 rings (SSSR count). The molecule has 0 saturated heterocycles.